The number of alkyl halides is 1. The zero-order valence-electron chi connectivity index (χ0n) is 3.50. The van der Waals surface area contributed by atoms with Gasteiger partial charge < -0.3 is 11.1 Å². The minimum Gasteiger partial charge on any atom is -0.373 e. The standard InChI is InChI=1S/C3H3Br.N3/c1-2-3-4;1-3-2/h1H,3H2;/q;-1. The number of halogens is 1. The van der Waals surface area contributed by atoms with Crippen molar-refractivity contribution in [2.24, 2.45) is 0 Å². The van der Waals surface area contributed by atoms with Crippen LogP contribution in [-0.4, -0.2) is 5.33 Å². The van der Waals surface area contributed by atoms with Gasteiger partial charge in [-0.1, -0.05) is 21.9 Å². The second-order valence-electron chi connectivity index (χ2n) is 0.427. The van der Waals surface area contributed by atoms with E-state index in [9.17, 15) is 0 Å². The summed E-state index contributed by atoms with van der Waals surface area (Å²) >= 11 is 3.01. The number of terminal acetylenes is 1. The SMILES string of the molecule is C#CCBr.[N-]=[N+]=[N-]. The van der Waals surface area contributed by atoms with Gasteiger partial charge in [-0.2, -0.15) is 0 Å². The number of hydrogen-bond donors (Lipinski definition) is 0. The largest absolute Gasteiger partial charge is 0.373 e. The second-order valence-corrected chi connectivity index (χ2v) is 0.988. The van der Waals surface area contributed by atoms with E-state index in [-0.39, 0.29) is 0 Å². The lowest BCUT2D eigenvalue weighted by atomic mass is 10.9. The molecule has 4 heteroatoms. The summed E-state index contributed by atoms with van der Waals surface area (Å²) in [7, 11) is 0. The van der Waals surface area contributed by atoms with Gasteiger partial charge in [0, 0.05) is 0 Å². The minimum atomic E-state index is 0.660. The van der Waals surface area contributed by atoms with Crippen molar-refractivity contribution in [2.75, 3.05) is 5.33 Å². The normalized spacial score (nSPS) is 4.00. The molecule has 0 fully saturated rings. The van der Waals surface area contributed by atoms with Gasteiger partial charge in [-0.05, 0) is 0 Å². The Morgan fingerprint density at radius 1 is 1.71 bits per heavy atom. The molecule has 0 radical (unpaired) electrons. The van der Waals surface area contributed by atoms with Gasteiger partial charge >= 0.3 is 0 Å². The lowest BCUT2D eigenvalue weighted by Crippen LogP contribution is -1.45. The fraction of sp³-hybridized carbons (Fsp3) is 0.333. The van der Waals surface area contributed by atoms with Crippen LogP contribution in [0.2, 0.25) is 0 Å². The molecule has 0 amide bonds. The average molecular weight is 161 g/mol. The Morgan fingerprint density at radius 3 is 1.86 bits per heavy atom. The summed E-state index contributed by atoms with van der Waals surface area (Å²) in [6, 6.07) is 0. The van der Waals surface area contributed by atoms with Crippen LogP contribution in [-0.2, 0) is 0 Å². The number of rotatable bonds is 0. The summed E-state index contributed by atoms with van der Waals surface area (Å²) in [5.74, 6) is 2.35. The Bertz CT molecular complexity index is 86.8. The molecule has 0 aliphatic heterocycles. The predicted molar refractivity (Wildman–Crippen MR) is 32.7 cm³/mol. The van der Waals surface area contributed by atoms with E-state index in [2.05, 4.69) is 21.9 Å². The molecule has 0 bridgehead atoms. The van der Waals surface area contributed by atoms with E-state index in [1.165, 1.54) is 4.91 Å². The van der Waals surface area contributed by atoms with Crippen LogP contribution in [0, 0.1) is 12.3 Å². The molecule has 3 nitrogen and oxygen atoms in total. The van der Waals surface area contributed by atoms with Crippen LogP contribution in [0.15, 0.2) is 0 Å². The first-order valence-electron chi connectivity index (χ1n) is 1.31. The molecular weight excluding hydrogens is 158 g/mol. The van der Waals surface area contributed by atoms with Crippen LogP contribution in [0.3, 0.4) is 0 Å². The van der Waals surface area contributed by atoms with E-state index >= 15 is 0 Å². The second kappa shape index (κ2) is 18.3. The zero-order chi connectivity index (χ0) is 6.12. The molecule has 0 spiro atoms. The topological polar surface area (TPSA) is 58.7 Å². The highest BCUT2D eigenvalue weighted by Crippen LogP contribution is 1.68. The van der Waals surface area contributed by atoms with E-state index < -0.39 is 0 Å². The summed E-state index contributed by atoms with van der Waals surface area (Å²) < 4.78 is 0. The maximum Gasteiger partial charge on any atom is 0.0642 e. The van der Waals surface area contributed by atoms with Crippen LogP contribution in [0.5, 0.6) is 0 Å². The highest BCUT2D eigenvalue weighted by molar-refractivity contribution is 9.09. The number of nitrogens with zero attached hydrogens (tertiary/aromatic N) is 3. The Balaban J connectivity index is 0. The van der Waals surface area contributed by atoms with Crippen LogP contribution in [0.4, 0.5) is 0 Å². The van der Waals surface area contributed by atoms with Crippen molar-refractivity contribution in [3.63, 3.8) is 0 Å². The van der Waals surface area contributed by atoms with Crippen molar-refractivity contribution in [2.45, 2.75) is 0 Å². The Morgan fingerprint density at radius 2 is 1.86 bits per heavy atom. The van der Waals surface area contributed by atoms with Crippen LogP contribution >= 0.6 is 15.9 Å². The van der Waals surface area contributed by atoms with E-state index in [1.54, 1.807) is 0 Å². The van der Waals surface area contributed by atoms with E-state index in [0.717, 1.165) is 0 Å². The molecule has 0 aromatic heterocycles. The van der Waals surface area contributed by atoms with Gasteiger partial charge in [0.25, 0.3) is 0 Å². The maximum absolute atomic E-state index is 6.75. The van der Waals surface area contributed by atoms with Gasteiger partial charge in [-0.3, -0.25) is 4.91 Å². The summed E-state index contributed by atoms with van der Waals surface area (Å²) in [4.78, 5) is 1.50. The lowest BCUT2D eigenvalue weighted by Gasteiger charge is -1.50. The van der Waals surface area contributed by atoms with Crippen LogP contribution < -0.4 is 0 Å². The quantitative estimate of drug-likeness (QED) is 0.171. The molecule has 38 valence electrons. The summed E-state index contributed by atoms with van der Waals surface area (Å²) in [6.07, 6.45) is 4.73. The molecule has 0 aromatic carbocycles. The monoisotopic (exact) mass is 160 g/mol. The van der Waals surface area contributed by atoms with Crippen LogP contribution in [0.25, 0.3) is 16.0 Å². The molecule has 0 aliphatic rings. The predicted octanol–water partition coefficient (Wildman–Crippen LogP) is 1.88. The number of hydrogen-bond acceptors (Lipinski definition) is 0. The first-order valence-corrected chi connectivity index (χ1v) is 2.43. The fourth-order valence-electron chi connectivity index (χ4n) is 0. The summed E-state index contributed by atoms with van der Waals surface area (Å²) in [5.41, 5.74) is 13.5. The molecule has 0 heterocycles. The molecule has 7 heavy (non-hydrogen) atoms. The van der Waals surface area contributed by atoms with Gasteiger partial charge in [0.05, 0.1) is 5.33 Å². The highest BCUT2D eigenvalue weighted by Gasteiger charge is 1.46. The van der Waals surface area contributed by atoms with Gasteiger partial charge in [0.1, 0.15) is 0 Å². The Labute approximate surface area is 50.3 Å². The lowest BCUT2D eigenvalue weighted by molar-refractivity contribution is 2.02. The minimum absolute atomic E-state index is 0.660. The van der Waals surface area contributed by atoms with Crippen molar-refractivity contribution in [3.05, 3.63) is 16.0 Å². The highest BCUT2D eigenvalue weighted by atomic mass is 79.9. The third kappa shape index (κ3) is 490. The Hall–Kier alpha value is -0.650. The molecule has 0 unspecified atom stereocenters. The van der Waals surface area contributed by atoms with Crippen molar-refractivity contribution in [3.8, 4) is 12.3 Å². The summed E-state index contributed by atoms with van der Waals surface area (Å²) in [5, 5.41) is 0.660. The van der Waals surface area contributed by atoms with Gasteiger partial charge in [-0.25, -0.2) is 0 Å². The first-order chi connectivity index (χ1) is 3.33. The zero-order valence-corrected chi connectivity index (χ0v) is 5.09. The molecule has 0 atom stereocenters. The molecule has 0 N–H and O–H groups in total. The molecule has 0 saturated heterocycles. The smallest absolute Gasteiger partial charge is 0.0642 e. The van der Waals surface area contributed by atoms with Gasteiger partial charge in [-0.15, -0.1) is 6.42 Å². The molecule has 0 aromatic rings. The molecule has 0 rings (SSSR count). The Kier molecular flexibility index (Phi) is 25.2. The first kappa shape index (κ1) is 9.61. The van der Waals surface area contributed by atoms with Gasteiger partial charge in [0.15, 0.2) is 0 Å². The maximum atomic E-state index is 6.75. The molecular formula is C3H3BrN3-. The van der Waals surface area contributed by atoms with Crippen LogP contribution in [0.1, 0.15) is 0 Å². The van der Waals surface area contributed by atoms with Crippen molar-refractivity contribution >= 4 is 15.9 Å². The van der Waals surface area contributed by atoms with Crippen molar-refractivity contribution in [1.29, 1.82) is 0 Å². The molecule has 0 aliphatic carbocycles. The third-order valence-corrected chi connectivity index (χ3v) is 0.401. The fourth-order valence-corrected chi connectivity index (χ4v) is 0. The van der Waals surface area contributed by atoms with Gasteiger partial charge in [0.2, 0.25) is 0 Å². The van der Waals surface area contributed by atoms with Crippen molar-refractivity contribution < 1.29 is 0 Å². The van der Waals surface area contributed by atoms with E-state index in [1.807, 2.05) is 0 Å². The summed E-state index contributed by atoms with van der Waals surface area (Å²) in [6.45, 7) is 0. The van der Waals surface area contributed by atoms with Crippen molar-refractivity contribution in [1.82, 2.24) is 0 Å². The van der Waals surface area contributed by atoms with E-state index in [4.69, 9.17) is 17.5 Å². The average Bonchev–Trinajstić information content (AvgIpc) is 1.69. The third-order valence-electron chi connectivity index (χ3n) is 0.0772. The molecule has 0 saturated carbocycles. The van der Waals surface area contributed by atoms with E-state index in [0.29, 0.717) is 5.33 Å².